The van der Waals surface area contributed by atoms with Crippen LogP contribution in [0, 0.1) is 22.7 Å². The zero-order valence-electron chi connectivity index (χ0n) is 14.9. The predicted octanol–water partition coefficient (Wildman–Crippen LogP) is 4.78. The quantitative estimate of drug-likeness (QED) is 0.451. The number of carbonyl (C=O) groups excluding carboxylic acids is 1. The summed E-state index contributed by atoms with van der Waals surface area (Å²) in [7, 11) is 0. The molecule has 0 aliphatic heterocycles. The summed E-state index contributed by atoms with van der Waals surface area (Å²) in [5.41, 5.74) is 2.29. The summed E-state index contributed by atoms with van der Waals surface area (Å²) in [5, 5.41) is 8.92. The SMILES string of the molecule is CC1=CCCC2C1(C)CCC(C)C2(C)C/C=C(\C=O)CC(=O)O. The number of fused-ring (bicyclic) bond motifs is 1. The van der Waals surface area contributed by atoms with Gasteiger partial charge < -0.3 is 5.11 Å². The van der Waals surface area contributed by atoms with Crippen molar-refractivity contribution in [1.82, 2.24) is 0 Å². The maximum Gasteiger partial charge on any atom is 0.307 e. The van der Waals surface area contributed by atoms with Crippen LogP contribution in [0.4, 0.5) is 0 Å². The van der Waals surface area contributed by atoms with E-state index in [1.54, 1.807) is 0 Å². The van der Waals surface area contributed by atoms with Crippen molar-refractivity contribution in [3.63, 3.8) is 0 Å². The molecule has 3 nitrogen and oxygen atoms in total. The largest absolute Gasteiger partial charge is 0.481 e. The van der Waals surface area contributed by atoms with Crippen LogP contribution in [0.5, 0.6) is 0 Å². The number of hydrogen-bond acceptors (Lipinski definition) is 2. The first-order valence-corrected chi connectivity index (χ1v) is 8.77. The highest BCUT2D eigenvalue weighted by Gasteiger charge is 2.52. The summed E-state index contributed by atoms with van der Waals surface area (Å²) in [6.45, 7) is 9.32. The van der Waals surface area contributed by atoms with E-state index in [9.17, 15) is 9.59 Å². The fourth-order valence-corrected chi connectivity index (χ4v) is 4.94. The number of aliphatic carboxylic acids is 1. The number of carboxylic acid groups (broad SMARTS) is 1. The summed E-state index contributed by atoms with van der Waals surface area (Å²) in [5.74, 6) is 0.240. The van der Waals surface area contributed by atoms with Crippen LogP contribution in [0.15, 0.2) is 23.3 Å². The Morgan fingerprint density at radius 1 is 1.39 bits per heavy atom. The maximum absolute atomic E-state index is 11.2. The molecule has 2 aliphatic rings. The highest BCUT2D eigenvalue weighted by molar-refractivity contribution is 5.83. The minimum Gasteiger partial charge on any atom is -0.481 e. The average molecular weight is 318 g/mol. The second-order valence-electron chi connectivity index (χ2n) is 8.05. The summed E-state index contributed by atoms with van der Waals surface area (Å²) in [6.07, 6.45) is 10.4. The Kier molecular flexibility index (Phi) is 5.17. The molecule has 23 heavy (non-hydrogen) atoms. The van der Waals surface area contributed by atoms with Crippen LogP contribution < -0.4 is 0 Å². The molecule has 1 fully saturated rings. The van der Waals surface area contributed by atoms with Crippen molar-refractivity contribution in [2.24, 2.45) is 22.7 Å². The molecule has 0 aromatic heterocycles. The van der Waals surface area contributed by atoms with Crippen molar-refractivity contribution >= 4 is 12.3 Å². The Labute approximate surface area is 139 Å². The Hall–Kier alpha value is -1.38. The lowest BCUT2D eigenvalue weighted by Gasteiger charge is -2.57. The van der Waals surface area contributed by atoms with Gasteiger partial charge in [0.05, 0.1) is 6.42 Å². The fourth-order valence-electron chi connectivity index (χ4n) is 4.94. The highest BCUT2D eigenvalue weighted by Crippen LogP contribution is 2.61. The summed E-state index contributed by atoms with van der Waals surface area (Å²) in [6, 6.07) is 0. The van der Waals surface area contributed by atoms with Gasteiger partial charge in [0.1, 0.15) is 6.29 Å². The van der Waals surface area contributed by atoms with Crippen molar-refractivity contribution in [2.45, 2.75) is 66.2 Å². The topological polar surface area (TPSA) is 54.4 Å². The van der Waals surface area contributed by atoms with Gasteiger partial charge in [-0.05, 0) is 67.3 Å². The molecule has 4 unspecified atom stereocenters. The predicted molar refractivity (Wildman–Crippen MR) is 92.1 cm³/mol. The number of carboxylic acids is 1. The van der Waals surface area contributed by atoms with Crippen molar-refractivity contribution in [3.05, 3.63) is 23.3 Å². The van der Waals surface area contributed by atoms with Crippen LogP contribution in [0.1, 0.15) is 66.2 Å². The molecule has 2 aliphatic carbocycles. The van der Waals surface area contributed by atoms with Gasteiger partial charge in [-0.1, -0.05) is 38.5 Å². The third-order valence-corrected chi connectivity index (χ3v) is 6.91. The third-order valence-electron chi connectivity index (χ3n) is 6.91. The van der Waals surface area contributed by atoms with E-state index >= 15 is 0 Å². The number of rotatable bonds is 5. The molecule has 0 heterocycles. The number of allylic oxidation sites excluding steroid dienone is 3. The van der Waals surface area contributed by atoms with Gasteiger partial charge in [-0.3, -0.25) is 9.59 Å². The molecular weight excluding hydrogens is 288 g/mol. The Morgan fingerprint density at radius 3 is 2.70 bits per heavy atom. The smallest absolute Gasteiger partial charge is 0.307 e. The molecule has 1 N–H and O–H groups in total. The molecule has 4 atom stereocenters. The molecule has 2 rings (SSSR count). The van der Waals surface area contributed by atoms with Gasteiger partial charge >= 0.3 is 5.97 Å². The first-order valence-electron chi connectivity index (χ1n) is 8.77. The van der Waals surface area contributed by atoms with Crippen LogP contribution >= 0.6 is 0 Å². The Balaban J connectivity index is 2.30. The van der Waals surface area contributed by atoms with E-state index in [1.165, 1.54) is 24.8 Å². The molecule has 3 heteroatoms. The van der Waals surface area contributed by atoms with E-state index < -0.39 is 5.97 Å². The van der Waals surface area contributed by atoms with E-state index in [2.05, 4.69) is 33.8 Å². The van der Waals surface area contributed by atoms with Gasteiger partial charge in [-0.25, -0.2) is 0 Å². The normalized spacial score (nSPS) is 37.7. The number of aldehydes is 1. The van der Waals surface area contributed by atoms with Gasteiger partial charge in [0, 0.05) is 0 Å². The summed E-state index contributed by atoms with van der Waals surface area (Å²) >= 11 is 0. The van der Waals surface area contributed by atoms with Gasteiger partial charge in [0.25, 0.3) is 0 Å². The molecule has 0 aromatic carbocycles. The average Bonchev–Trinajstić information content (AvgIpc) is 2.50. The number of hydrogen-bond donors (Lipinski definition) is 1. The third kappa shape index (κ3) is 3.29. The first kappa shape index (κ1) is 18.0. The molecule has 0 spiro atoms. The Morgan fingerprint density at radius 2 is 2.09 bits per heavy atom. The standard InChI is InChI=1S/C20H30O3/c1-14-6-5-7-17-19(14,3)10-8-15(2)20(17,4)11-9-16(13-21)12-18(22)23/h6,9,13,15,17H,5,7-8,10-12H2,1-4H3,(H,22,23)/b16-9-. The molecule has 128 valence electrons. The zero-order chi connectivity index (χ0) is 17.3. The molecule has 0 bridgehead atoms. The van der Waals surface area contributed by atoms with E-state index in [0.717, 1.165) is 12.8 Å². The van der Waals surface area contributed by atoms with E-state index in [-0.39, 0.29) is 17.3 Å². The van der Waals surface area contributed by atoms with Gasteiger partial charge in [-0.2, -0.15) is 0 Å². The lowest BCUT2D eigenvalue weighted by molar-refractivity contribution is -0.136. The van der Waals surface area contributed by atoms with Gasteiger partial charge in [0.15, 0.2) is 0 Å². The van der Waals surface area contributed by atoms with Crippen LogP contribution in [0.2, 0.25) is 0 Å². The van der Waals surface area contributed by atoms with Crippen molar-refractivity contribution in [2.75, 3.05) is 0 Å². The maximum atomic E-state index is 11.2. The molecule has 1 saturated carbocycles. The van der Waals surface area contributed by atoms with E-state index in [1.807, 2.05) is 6.08 Å². The fraction of sp³-hybridized carbons (Fsp3) is 0.700. The van der Waals surface area contributed by atoms with Crippen molar-refractivity contribution < 1.29 is 14.7 Å². The molecule has 0 aromatic rings. The highest BCUT2D eigenvalue weighted by atomic mass is 16.4. The van der Waals surface area contributed by atoms with Crippen LogP contribution in [-0.2, 0) is 9.59 Å². The monoisotopic (exact) mass is 318 g/mol. The second kappa shape index (κ2) is 6.62. The summed E-state index contributed by atoms with van der Waals surface area (Å²) < 4.78 is 0. The van der Waals surface area contributed by atoms with Crippen LogP contribution in [0.25, 0.3) is 0 Å². The van der Waals surface area contributed by atoms with Crippen molar-refractivity contribution in [3.8, 4) is 0 Å². The van der Waals surface area contributed by atoms with Crippen LogP contribution in [-0.4, -0.2) is 17.4 Å². The molecule has 0 amide bonds. The lowest BCUT2D eigenvalue weighted by Crippen LogP contribution is -2.49. The lowest BCUT2D eigenvalue weighted by atomic mass is 9.47. The van der Waals surface area contributed by atoms with Crippen molar-refractivity contribution in [1.29, 1.82) is 0 Å². The van der Waals surface area contributed by atoms with E-state index in [0.29, 0.717) is 23.7 Å². The molecule has 0 radical (unpaired) electrons. The molecule has 0 saturated heterocycles. The minimum absolute atomic E-state index is 0.120. The first-order chi connectivity index (χ1) is 10.7. The van der Waals surface area contributed by atoms with Gasteiger partial charge in [0.2, 0.25) is 0 Å². The van der Waals surface area contributed by atoms with Gasteiger partial charge in [-0.15, -0.1) is 0 Å². The Bertz CT molecular complexity index is 545. The van der Waals surface area contributed by atoms with E-state index in [4.69, 9.17) is 5.11 Å². The molecular formula is C20H30O3. The summed E-state index contributed by atoms with van der Waals surface area (Å²) in [4.78, 5) is 22.0. The zero-order valence-corrected chi connectivity index (χ0v) is 14.9. The van der Waals surface area contributed by atoms with Crippen LogP contribution in [0.3, 0.4) is 0 Å². The second-order valence-corrected chi connectivity index (χ2v) is 8.05. The minimum atomic E-state index is -0.938. The number of carbonyl (C=O) groups is 2.